The minimum atomic E-state index is 0. The number of guanidine groups is 1. The van der Waals surface area contributed by atoms with Crippen LogP contribution in [0.3, 0.4) is 0 Å². The van der Waals surface area contributed by atoms with Gasteiger partial charge in [0.1, 0.15) is 0 Å². The zero-order chi connectivity index (χ0) is 18.9. The third-order valence-corrected chi connectivity index (χ3v) is 4.31. The summed E-state index contributed by atoms with van der Waals surface area (Å²) in [6, 6.07) is 14.4. The predicted molar refractivity (Wildman–Crippen MR) is 123 cm³/mol. The second-order valence-corrected chi connectivity index (χ2v) is 6.41. The highest BCUT2D eigenvalue weighted by atomic mass is 127. The molecule has 0 heterocycles. The third-order valence-electron chi connectivity index (χ3n) is 4.31. The summed E-state index contributed by atoms with van der Waals surface area (Å²) in [5.41, 5.74) is 9.69. The molecule has 0 aliphatic rings. The van der Waals surface area contributed by atoms with E-state index in [2.05, 4.69) is 48.4 Å². The highest BCUT2D eigenvalue weighted by Crippen LogP contribution is 2.27. The maximum atomic E-state index is 5.99. The van der Waals surface area contributed by atoms with Crippen molar-refractivity contribution in [1.82, 2.24) is 5.32 Å². The van der Waals surface area contributed by atoms with E-state index >= 15 is 0 Å². The van der Waals surface area contributed by atoms with Gasteiger partial charge in [0.05, 0.1) is 14.2 Å². The molecule has 2 aromatic carbocycles. The molecule has 148 valence electrons. The van der Waals surface area contributed by atoms with Crippen molar-refractivity contribution in [1.29, 1.82) is 0 Å². The van der Waals surface area contributed by atoms with Gasteiger partial charge in [-0.3, -0.25) is 4.99 Å². The van der Waals surface area contributed by atoms with E-state index in [0.29, 0.717) is 25.0 Å². The van der Waals surface area contributed by atoms with E-state index in [1.807, 2.05) is 18.2 Å². The normalized spacial score (nSPS) is 12.1. The molecule has 2 aromatic rings. The second-order valence-electron chi connectivity index (χ2n) is 6.41. The number of nitrogens with one attached hydrogen (secondary N) is 1. The largest absolute Gasteiger partial charge is 0.493 e. The van der Waals surface area contributed by atoms with E-state index in [0.717, 1.165) is 23.5 Å². The molecule has 0 amide bonds. The van der Waals surface area contributed by atoms with Gasteiger partial charge in [-0.15, -0.1) is 24.0 Å². The van der Waals surface area contributed by atoms with Crippen molar-refractivity contribution < 1.29 is 9.47 Å². The first-order chi connectivity index (χ1) is 12.5. The average Bonchev–Trinajstić information content (AvgIpc) is 2.65. The minimum absolute atomic E-state index is 0. The van der Waals surface area contributed by atoms with Gasteiger partial charge in [0.25, 0.3) is 0 Å². The summed E-state index contributed by atoms with van der Waals surface area (Å²) in [7, 11) is 3.27. The molecule has 2 rings (SSSR count). The van der Waals surface area contributed by atoms with Crippen molar-refractivity contribution in [3.63, 3.8) is 0 Å². The smallest absolute Gasteiger partial charge is 0.188 e. The molecule has 0 radical (unpaired) electrons. The van der Waals surface area contributed by atoms with E-state index in [4.69, 9.17) is 15.2 Å². The van der Waals surface area contributed by atoms with Crippen molar-refractivity contribution in [3.8, 4) is 11.5 Å². The lowest BCUT2D eigenvalue weighted by Gasteiger charge is -2.12. The van der Waals surface area contributed by atoms with Crippen molar-refractivity contribution >= 4 is 29.9 Å². The molecule has 3 N–H and O–H groups in total. The lowest BCUT2D eigenvalue weighted by Crippen LogP contribution is -2.33. The number of ether oxygens (including phenoxy) is 2. The molecule has 0 spiro atoms. The molecule has 27 heavy (non-hydrogen) atoms. The first kappa shape index (κ1) is 23.1. The Bertz CT molecular complexity index is 750. The van der Waals surface area contributed by atoms with Crippen LogP contribution in [0.1, 0.15) is 29.5 Å². The van der Waals surface area contributed by atoms with Crippen LogP contribution in [0.4, 0.5) is 0 Å². The lowest BCUT2D eigenvalue weighted by molar-refractivity contribution is 0.354. The monoisotopic (exact) mass is 483 g/mol. The van der Waals surface area contributed by atoms with E-state index in [1.54, 1.807) is 14.2 Å². The van der Waals surface area contributed by atoms with Crippen LogP contribution in [-0.2, 0) is 6.42 Å². The Morgan fingerprint density at radius 3 is 2.52 bits per heavy atom. The van der Waals surface area contributed by atoms with Crippen LogP contribution in [0, 0.1) is 6.92 Å². The summed E-state index contributed by atoms with van der Waals surface area (Å²) in [5.74, 6) is 2.28. The van der Waals surface area contributed by atoms with E-state index < -0.39 is 0 Å². The molecule has 6 heteroatoms. The Morgan fingerprint density at radius 1 is 1.11 bits per heavy atom. The highest BCUT2D eigenvalue weighted by molar-refractivity contribution is 14.0. The number of hydrogen-bond donors (Lipinski definition) is 2. The highest BCUT2D eigenvalue weighted by Gasteiger charge is 2.06. The van der Waals surface area contributed by atoms with Crippen LogP contribution in [0.25, 0.3) is 0 Å². The lowest BCUT2D eigenvalue weighted by atomic mass is 10.00. The first-order valence-corrected chi connectivity index (χ1v) is 8.84. The Kier molecular flexibility index (Phi) is 9.99. The number of benzene rings is 2. The topological polar surface area (TPSA) is 68.9 Å². The SMILES string of the molecule is COc1ccc(CCNC(N)=NCC(C)c2cccc(C)c2)cc1OC.I. The molecule has 0 saturated heterocycles. The molecule has 0 bridgehead atoms. The summed E-state index contributed by atoms with van der Waals surface area (Å²) in [4.78, 5) is 4.46. The summed E-state index contributed by atoms with van der Waals surface area (Å²) in [5, 5.41) is 3.17. The molecule has 5 nitrogen and oxygen atoms in total. The Hall–Kier alpha value is -1.96. The molecule has 0 aromatic heterocycles. The number of halogens is 1. The van der Waals surface area contributed by atoms with Gasteiger partial charge in [0.2, 0.25) is 0 Å². The van der Waals surface area contributed by atoms with Crippen molar-refractivity contribution in [2.75, 3.05) is 27.3 Å². The number of nitrogens with zero attached hydrogens (tertiary/aromatic N) is 1. The molecule has 1 unspecified atom stereocenters. The summed E-state index contributed by atoms with van der Waals surface area (Å²) < 4.78 is 10.6. The van der Waals surface area contributed by atoms with Crippen LogP contribution >= 0.6 is 24.0 Å². The van der Waals surface area contributed by atoms with Crippen molar-refractivity contribution in [2.45, 2.75) is 26.2 Å². The van der Waals surface area contributed by atoms with Gasteiger partial charge >= 0.3 is 0 Å². The van der Waals surface area contributed by atoms with Crippen molar-refractivity contribution in [3.05, 3.63) is 59.2 Å². The standard InChI is InChI=1S/C21H29N3O2.HI/c1-15-6-5-7-18(12-15)16(2)14-24-21(22)23-11-10-17-8-9-19(25-3)20(13-17)26-4;/h5-9,12-13,16H,10-11,14H2,1-4H3,(H3,22,23,24);1H. The molecular weight excluding hydrogens is 453 g/mol. The number of methoxy groups -OCH3 is 2. The van der Waals surface area contributed by atoms with Gasteiger partial charge < -0.3 is 20.5 Å². The number of nitrogens with two attached hydrogens (primary N) is 1. The summed E-state index contributed by atoms with van der Waals surface area (Å²) in [6.45, 7) is 5.64. The molecule has 0 fully saturated rings. The van der Waals surface area contributed by atoms with E-state index in [-0.39, 0.29) is 24.0 Å². The molecule has 0 aliphatic carbocycles. The van der Waals surface area contributed by atoms with Crippen molar-refractivity contribution in [2.24, 2.45) is 10.7 Å². The predicted octanol–water partition coefficient (Wildman–Crippen LogP) is 3.88. The fraction of sp³-hybridized carbons (Fsp3) is 0.381. The Labute approximate surface area is 179 Å². The maximum absolute atomic E-state index is 5.99. The Balaban J connectivity index is 0.00000364. The third kappa shape index (κ3) is 7.28. The van der Waals surface area contributed by atoms with E-state index in [1.165, 1.54) is 11.1 Å². The van der Waals surface area contributed by atoms with Gasteiger partial charge in [-0.05, 0) is 36.6 Å². The molecule has 0 saturated carbocycles. The van der Waals surface area contributed by atoms with Gasteiger partial charge in [-0.2, -0.15) is 0 Å². The number of aliphatic imine (C=N–C) groups is 1. The molecule has 1 atom stereocenters. The van der Waals surface area contributed by atoms with Gasteiger partial charge in [-0.1, -0.05) is 42.8 Å². The first-order valence-electron chi connectivity index (χ1n) is 8.84. The molecule has 0 aliphatic heterocycles. The quantitative estimate of drug-likeness (QED) is 0.340. The fourth-order valence-electron chi connectivity index (χ4n) is 2.74. The zero-order valence-electron chi connectivity index (χ0n) is 16.5. The summed E-state index contributed by atoms with van der Waals surface area (Å²) >= 11 is 0. The average molecular weight is 483 g/mol. The summed E-state index contributed by atoms with van der Waals surface area (Å²) in [6.07, 6.45) is 0.823. The van der Waals surface area contributed by atoms with Crippen LogP contribution in [0.15, 0.2) is 47.5 Å². The van der Waals surface area contributed by atoms with Crippen LogP contribution in [0.2, 0.25) is 0 Å². The van der Waals surface area contributed by atoms with Gasteiger partial charge in [-0.25, -0.2) is 0 Å². The minimum Gasteiger partial charge on any atom is -0.493 e. The maximum Gasteiger partial charge on any atom is 0.188 e. The van der Waals surface area contributed by atoms with Crippen LogP contribution in [-0.4, -0.2) is 33.3 Å². The number of aryl methyl sites for hydroxylation is 1. The molecular formula is C21H30IN3O2. The fourth-order valence-corrected chi connectivity index (χ4v) is 2.74. The van der Waals surface area contributed by atoms with Crippen LogP contribution in [0.5, 0.6) is 11.5 Å². The number of hydrogen-bond acceptors (Lipinski definition) is 3. The van der Waals surface area contributed by atoms with Crippen LogP contribution < -0.4 is 20.5 Å². The van der Waals surface area contributed by atoms with Gasteiger partial charge in [0, 0.05) is 19.0 Å². The van der Waals surface area contributed by atoms with Gasteiger partial charge in [0.15, 0.2) is 17.5 Å². The second kappa shape index (κ2) is 11.7. The van der Waals surface area contributed by atoms with E-state index in [9.17, 15) is 0 Å². The Morgan fingerprint density at radius 2 is 1.85 bits per heavy atom. The zero-order valence-corrected chi connectivity index (χ0v) is 18.8. The number of rotatable bonds is 8.